The second-order valence-corrected chi connectivity index (χ2v) is 7.81. The third-order valence-electron chi connectivity index (χ3n) is 5.38. The fraction of sp³-hybridized carbons (Fsp3) is 0.192. The summed E-state index contributed by atoms with van der Waals surface area (Å²) >= 11 is 0. The van der Waals surface area contributed by atoms with Crippen LogP contribution in [0.15, 0.2) is 84.9 Å². The van der Waals surface area contributed by atoms with Gasteiger partial charge in [0.05, 0.1) is 5.92 Å². The molecule has 0 radical (unpaired) electrons. The van der Waals surface area contributed by atoms with E-state index in [9.17, 15) is 14.4 Å². The third-order valence-corrected chi connectivity index (χ3v) is 5.38. The fourth-order valence-corrected chi connectivity index (χ4v) is 3.65. The predicted octanol–water partition coefficient (Wildman–Crippen LogP) is 3.37. The zero-order chi connectivity index (χ0) is 23.0. The minimum atomic E-state index is -0.390. The Bertz CT molecular complexity index is 1100. The first-order valence-corrected chi connectivity index (χ1v) is 10.8. The van der Waals surface area contributed by atoms with Crippen molar-refractivity contribution in [1.29, 1.82) is 0 Å². The van der Waals surface area contributed by atoms with Gasteiger partial charge in [-0.1, -0.05) is 48.5 Å². The number of nitrogens with one attached hydrogen (secondary N) is 2. The minimum absolute atomic E-state index is 0.0919. The average molecular weight is 444 g/mol. The molecule has 7 nitrogen and oxygen atoms in total. The molecule has 1 aliphatic rings. The summed E-state index contributed by atoms with van der Waals surface area (Å²) in [5.74, 6) is -0.348. The molecule has 33 heavy (non-hydrogen) atoms. The molecule has 0 unspecified atom stereocenters. The second kappa shape index (κ2) is 10.5. The standard InChI is InChI=1S/C26H25N3O4/c30-24(28-21-9-5-2-6-10-21)18-33-23-13-11-22(12-14-23)29-17-20(15-25(29)31)26(32)27-16-19-7-3-1-4-8-19/h1-14,20H,15-18H2,(H,27,32)(H,28,30)/t20-/m0/s1. The molecule has 1 fully saturated rings. The van der Waals surface area contributed by atoms with Gasteiger partial charge in [-0.25, -0.2) is 0 Å². The summed E-state index contributed by atoms with van der Waals surface area (Å²) in [5, 5.41) is 5.67. The number of ether oxygens (including phenoxy) is 1. The smallest absolute Gasteiger partial charge is 0.262 e. The summed E-state index contributed by atoms with van der Waals surface area (Å²) < 4.78 is 5.54. The van der Waals surface area contributed by atoms with Crippen LogP contribution in [0.4, 0.5) is 11.4 Å². The van der Waals surface area contributed by atoms with E-state index in [1.54, 1.807) is 41.3 Å². The average Bonchev–Trinajstić information content (AvgIpc) is 3.24. The summed E-state index contributed by atoms with van der Waals surface area (Å²) in [5.41, 5.74) is 2.41. The highest BCUT2D eigenvalue weighted by molar-refractivity contribution is 6.00. The second-order valence-electron chi connectivity index (χ2n) is 7.81. The third kappa shape index (κ3) is 5.98. The van der Waals surface area contributed by atoms with E-state index in [1.807, 2.05) is 48.5 Å². The molecule has 168 valence electrons. The van der Waals surface area contributed by atoms with E-state index in [2.05, 4.69) is 10.6 Å². The molecule has 4 rings (SSSR count). The lowest BCUT2D eigenvalue weighted by atomic mass is 10.1. The normalized spacial score (nSPS) is 15.2. The van der Waals surface area contributed by atoms with Crippen molar-refractivity contribution in [2.45, 2.75) is 13.0 Å². The Morgan fingerprint density at radius 2 is 1.58 bits per heavy atom. The molecule has 3 amide bonds. The van der Waals surface area contributed by atoms with Crippen LogP contribution in [0.25, 0.3) is 0 Å². The van der Waals surface area contributed by atoms with E-state index in [4.69, 9.17) is 4.74 Å². The molecule has 3 aromatic rings. The molecule has 2 N–H and O–H groups in total. The van der Waals surface area contributed by atoms with Gasteiger partial charge >= 0.3 is 0 Å². The molecule has 3 aromatic carbocycles. The molecule has 0 saturated carbocycles. The number of nitrogens with zero attached hydrogens (tertiary/aromatic N) is 1. The first-order valence-electron chi connectivity index (χ1n) is 10.8. The summed E-state index contributed by atoms with van der Waals surface area (Å²) in [6.45, 7) is 0.647. The van der Waals surface area contributed by atoms with E-state index >= 15 is 0 Å². The Morgan fingerprint density at radius 1 is 0.909 bits per heavy atom. The maximum atomic E-state index is 12.5. The van der Waals surface area contributed by atoms with Crippen molar-refractivity contribution < 1.29 is 19.1 Å². The van der Waals surface area contributed by atoms with Gasteiger partial charge in [0.25, 0.3) is 5.91 Å². The zero-order valence-corrected chi connectivity index (χ0v) is 18.1. The Hall–Kier alpha value is -4.13. The van der Waals surface area contributed by atoms with Crippen molar-refractivity contribution >= 4 is 29.1 Å². The van der Waals surface area contributed by atoms with E-state index in [-0.39, 0.29) is 36.7 Å². The topological polar surface area (TPSA) is 87.7 Å². The van der Waals surface area contributed by atoms with Crippen LogP contribution in [0.1, 0.15) is 12.0 Å². The zero-order valence-electron chi connectivity index (χ0n) is 18.1. The number of rotatable bonds is 8. The van der Waals surface area contributed by atoms with Gasteiger partial charge in [0.15, 0.2) is 6.61 Å². The molecule has 0 aliphatic carbocycles. The Kier molecular flexibility index (Phi) is 6.99. The number of benzene rings is 3. The summed E-state index contributed by atoms with van der Waals surface area (Å²) in [6.07, 6.45) is 0.179. The maximum Gasteiger partial charge on any atom is 0.262 e. The minimum Gasteiger partial charge on any atom is -0.484 e. The quantitative estimate of drug-likeness (QED) is 0.559. The summed E-state index contributed by atoms with van der Waals surface area (Å²) in [4.78, 5) is 38.7. The van der Waals surface area contributed by atoms with Crippen molar-refractivity contribution in [2.24, 2.45) is 5.92 Å². The van der Waals surface area contributed by atoms with Crippen LogP contribution in [-0.2, 0) is 20.9 Å². The van der Waals surface area contributed by atoms with Crippen LogP contribution in [0.3, 0.4) is 0 Å². The molecule has 0 aromatic heterocycles. The van der Waals surface area contributed by atoms with Crippen molar-refractivity contribution in [1.82, 2.24) is 5.32 Å². The van der Waals surface area contributed by atoms with Gasteiger partial charge in [-0.2, -0.15) is 0 Å². The Morgan fingerprint density at radius 3 is 2.27 bits per heavy atom. The molecule has 1 saturated heterocycles. The fourth-order valence-electron chi connectivity index (χ4n) is 3.65. The van der Waals surface area contributed by atoms with Crippen LogP contribution >= 0.6 is 0 Å². The van der Waals surface area contributed by atoms with Crippen molar-refractivity contribution in [3.05, 3.63) is 90.5 Å². The van der Waals surface area contributed by atoms with Crippen LogP contribution in [0, 0.1) is 5.92 Å². The van der Waals surface area contributed by atoms with Gasteiger partial charge in [0, 0.05) is 30.9 Å². The van der Waals surface area contributed by atoms with E-state index in [0.29, 0.717) is 30.2 Å². The lowest BCUT2D eigenvalue weighted by molar-refractivity contribution is -0.126. The van der Waals surface area contributed by atoms with E-state index in [0.717, 1.165) is 5.56 Å². The van der Waals surface area contributed by atoms with Crippen molar-refractivity contribution in [3.63, 3.8) is 0 Å². The number of amides is 3. The van der Waals surface area contributed by atoms with E-state index < -0.39 is 0 Å². The number of anilines is 2. The molecular formula is C26H25N3O4. The first-order chi connectivity index (χ1) is 16.1. The van der Waals surface area contributed by atoms with Crippen LogP contribution in [-0.4, -0.2) is 30.9 Å². The number of hydrogen-bond acceptors (Lipinski definition) is 4. The maximum absolute atomic E-state index is 12.5. The molecule has 0 spiro atoms. The first kappa shape index (κ1) is 22.1. The highest BCUT2D eigenvalue weighted by Crippen LogP contribution is 2.27. The SMILES string of the molecule is O=C(COc1ccc(N2C[C@@H](C(=O)NCc3ccccc3)CC2=O)cc1)Nc1ccccc1. The number of para-hydroxylation sites is 1. The molecule has 0 bridgehead atoms. The number of hydrogen-bond donors (Lipinski definition) is 2. The highest BCUT2D eigenvalue weighted by atomic mass is 16.5. The van der Waals surface area contributed by atoms with Gasteiger partial charge < -0.3 is 20.3 Å². The molecule has 1 aliphatic heterocycles. The largest absolute Gasteiger partial charge is 0.484 e. The number of carbonyl (C=O) groups is 3. The van der Waals surface area contributed by atoms with Gasteiger partial charge in [-0.05, 0) is 42.0 Å². The summed E-state index contributed by atoms with van der Waals surface area (Å²) in [6, 6.07) is 25.7. The molecule has 1 atom stereocenters. The van der Waals surface area contributed by atoms with Crippen LogP contribution < -0.4 is 20.3 Å². The molecular weight excluding hydrogens is 418 g/mol. The van der Waals surface area contributed by atoms with Gasteiger partial charge in [0.1, 0.15) is 5.75 Å². The summed E-state index contributed by atoms with van der Waals surface area (Å²) in [7, 11) is 0. The number of carbonyl (C=O) groups excluding carboxylic acids is 3. The highest BCUT2D eigenvalue weighted by Gasteiger charge is 2.35. The van der Waals surface area contributed by atoms with Gasteiger partial charge in [-0.3, -0.25) is 14.4 Å². The Balaban J connectivity index is 1.27. The van der Waals surface area contributed by atoms with Crippen LogP contribution in [0.2, 0.25) is 0 Å². The van der Waals surface area contributed by atoms with Gasteiger partial charge in [-0.15, -0.1) is 0 Å². The molecule has 7 heteroatoms. The van der Waals surface area contributed by atoms with Crippen LogP contribution in [0.5, 0.6) is 5.75 Å². The predicted molar refractivity (Wildman–Crippen MR) is 126 cm³/mol. The van der Waals surface area contributed by atoms with E-state index in [1.165, 1.54) is 0 Å². The monoisotopic (exact) mass is 443 g/mol. The lowest BCUT2D eigenvalue weighted by Gasteiger charge is -2.17. The Labute approximate surface area is 192 Å². The lowest BCUT2D eigenvalue weighted by Crippen LogP contribution is -2.32. The molecule has 1 heterocycles. The van der Waals surface area contributed by atoms with Gasteiger partial charge in [0.2, 0.25) is 11.8 Å². The van der Waals surface area contributed by atoms with Crippen molar-refractivity contribution in [3.8, 4) is 5.75 Å². The van der Waals surface area contributed by atoms with Crippen molar-refractivity contribution in [2.75, 3.05) is 23.4 Å².